The molecule has 6 nitrogen and oxygen atoms in total. The SMILES string of the molecule is Cc1cccc(NC(=O)Cn2cc(C=C3SC(=NC4CCCCC4)N(C4CCCCC4)C3=O)c3ccccc32)c1. The van der Waals surface area contributed by atoms with E-state index in [4.69, 9.17) is 4.99 Å². The van der Waals surface area contributed by atoms with Crippen LogP contribution in [0.5, 0.6) is 0 Å². The van der Waals surface area contributed by atoms with Gasteiger partial charge in [0.15, 0.2) is 5.17 Å². The third kappa shape index (κ3) is 5.90. The maximum Gasteiger partial charge on any atom is 0.267 e. The molecule has 3 aromatic rings. The first-order valence-corrected chi connectivity index (χ1v) is 15.6. The van der Waals surface area contributed by atoms with Crippen LogP contribution in [0.15, 0.2) is 64.6 Å². The fourth-order valence-corrected chi connectivity index (χ4v) is 7.44. The lowest BCUT2D eigenvalue weighted by atomic mass is 9.94. The minimum absolute atomic E-state index is 0.0813. The Balaban J connectivity index is 1.29. The summed E-state index contributed by atoms with van der Waals surface area (Å²) in [6.07, 6.45) is 15.7. The molecule has 1 aromatic heterocycles. The van der Waals surface area contributed by atoms with Crippen molar-refractivity contribution in [2.45, 2.75) is 89.8 Å². The molecule has 208 valence electrons. The van der Waals surface area contributed by atoms with Crippen LogP contribution in [-0.4, -0.2) is 38.5 Å². The Morgan fingerprint density at radius 3 is 2.52 bits per heavy atom. The van der Waals surface area contributed by atoms with Gasteiger partial charge in [-0.1, -0.05) is 68.9 Å². The second-order valence-electron chi connectivity index (χ2n) is 11.4. The van der Waals surface area contributed by atoms with Crippen molar-refractivity contribution in [2.75, 3.05) is 5.32 Å². The van der Waals surface area contributed by atoms with Gasteiger partial charge in [0.25, 0.3) is 5.91 Å². The van der Waals surface area contributed by atoms with Gasteiger partial charge in [0.05, 0.1) is 10.9 Å². The number of aromatic nitrogens is 1. The lowest BCUT2D eigenvalue weighted by Crippen LogP contribution is -2.41. The molecule has 1 aliphatic heterocycles. The van der Waals surface area contributed by atoms with Crippen LogP contribution < -0.4 is 5.32 Å². The number of thioether (sulfide) groups is 1. The zero-order valence-electron chi connectivity index (χ0n) is 23.3. The molecule has 2 saturated carbocycles. The molecule has 2 amide bonds. The van der Waals surface area contributed by atoms with E-state index < -0.39 is 0 Å². The first-order chi connectivity index (χ1) is 19.5. The van der Waals surface area contributed by atoms with Crippen LogP contribution >= 0.6 is 11.8 Å². The first kappa shape index (κ1) is 26.9. The number of amidine groups is 1. The molecular weight excluding hydrogens is 516 g/mol. The summed E-state index contributed by atoms with van der Waals surface area (Å²) in [7, 11) is 0. The number of hydrogen-bond donors (Lipinski definition) is 1. The van der Waals surface area contributed by atoms with Crippen LogP contribution in [0.3, 0.4) is 0 Å². The predicted octanol–water partition coefficient (Wildman–Crippen LogP) is 7.53. The van der Waals surface area contributed by atoms with E-state index in [2.05, 4.69) is 11.4 Å². The second-order valence-corrected chi connectivity index (χ2v) is 12.4. The van der Waals surface area contributed by atoms with E-state index in [0.717, 1.165) is 63.5 Å². The molecule has 6 rings (SSSR count). The molecule has 1 N–H and O–H groups in total. The summed E-state index contributed by atoms with van der Waals surface area (Å²) in [5.41, 5.74) is 3.83. The van der Waals surface area contributed by atoms with E-state index in [1.807, 2.05) is 71.1 Å². The van der Waals surface area contributed by atoms with Gasteiger partial charge < -0.3 is 9.88 Å². The number of fused-ring (bicyclic) bond motifs is 1. The Hall–Kier alpha value is -3.32. The van der Waals surface area contributed by atoms with Crippen molar-refractivity contribution in [3.63, 3.8) is 0 Å². The summed E-state index contributed by atoms with van der Waals surface area (Å²) < 4.78 is 1.98. The minimum Gasteiger partial charge on any atom is -0.337 e. The molecule has 2 heterocycles. The molecule has 7 heteroatoms. The molecule has 1 saturated heterocycles. The van der Waals surface area contributed by atoms with Gasteiger partial charge in [-0.05, 0) is 74.2 Å². The number of hydrogen-bond acceptors (Lipinski definition) is 4. The number of carbonyl (C=O) groups is 2. The number of nitrogens with zero attached hydrogens (tertiary/aromatic N) is 3. The largest absolute Gasteiger partial charge is 0.337 e. The summed E-state index contributed by atoms with van der Waals surface area (Å²) in [5, 5.41) is 4.95. The highest BCUT2D eigenvalue weighted by Gasteiger charge is 2.39. The normalized spacial score (nSPS) is 21.1. The van der Waals surface area contributed by atoms with Crippen molar-refractivity contribution in [3.05, 3.63) is 70.8 Å². The molecule has 2 aliphatic carbocycles. The van der Waals surface area contributed by atoms with Crippen LogP contribution in [-0.2, 0) is 16.1 Å². The van der Waals surface area contributed by atoms with Crippen molar-refractivity contribution in [1.82, 2.24) is 9.47 Å². The number of anilines is 1. The quantitative estimate of drug-likeness (QED) is 0.320. The van der Waals surface area contributed by atoms with E-state index in [9.17, 15) is 9.59 Å². The van der Waals surface area contributed by atoms with Crippen LogP contribution in [0, 0.1) is 6.92 Å². The molecule has 3 fully saturated rings. The van der Waals surface area contributed by atoms with Gasteiger partial charge in [0.1, 0.15) is 6.54 Å². The number of amides is 2. The summed E-state index contributed by atoms with van der Waals surface area (Å²) >= 11 is 1.54. The van der Waals surface area contributed by atoms with Gasteiger partial charge in [0.2, 0.25) is 5.91 Å². The summed E-state index contributed by atoms with van der Waals surface area (Å²) in [4.78, 5) is 34.8. The number of aliphatic imine (C=N–C) groups is 1. The Morgan fingerprint density at radius 1 is 1.00 bits per heavy atom. The Kier molecular flexibility index (Phi) is 8.10. The lowest BCUT2D eigenvalue weighted by molar-refractivity contribution is -0.124. The molecular formula is C33H38N4O2S. The summed E-state index contributed by atoms with van der Waals surface area (Å²) in [6.45, 7) is 2.21. The number of rotatable bonds is 6. The molecule has 2 aromatic carbocycles. The van der Waals surface area contributed by atoms with Crippen LogP contribution in [0.1, 0.15) is 75.3 Å². The average Bonchev–Trinajstić information content (AvgIpc) is 3.46. The third-order valence-corrected chi connectivity index (χ3v) is 9.36. The van der Waals surface area contributed by atoms with Crippen molar-refractivity contribution >= 4 is 51.4 Å². The van der Waals surface area contributed by atoms with Crippen molar-refractivity contribution < 1.29 is 9.59 Å². The van der Waals surface area contributed by atoms with E-state index in [1.165, 1.54) is 38.5 Å². The Morgan fingerprint density at radius 2 is 1.75 bits per heavy atom. The van der Waals surface area contributed by atoms with Gasteiger partial charge >= 0.3 is 0 Å². The van der Waals surface area contributed by atoms with Crippen molar-refractivity contribution in [2.24, 2.45) is 4.99 Å². The zero-order valence-corrected chi connectivity index (χ0v) is 24.1. The minimum atomic E-state index is -0.0813. The van der Waals surface area contributed by atoms with Gasteiger partial charge in [-0.3, -0.25) is 19.5 Å². The van der Waals surface area contributed by atoms with E-state index in [0.29, 0.717) is 6.04 Å². The number of nitrogens with one attached hydrogen (secondary N) is 1. The smallest absolute Gasteiger partial charge is 0.267 e. The highest BCUT2D eigenvalue weighted by atomic mass is 32.2. The first-order valence-electron chi connectivity index (χ1n) is 14.8. The molecule has 3 aliphatic rings. The fraction of sp³-hybridized carbons (Fsp3) is 0.424. The van der Waals surface area contributed by atoms with Gasteiger partial charge in [-0.25, -0.2) is 0 Å². The van der Waals surface area contributed by atoms with Crippen molar-refractivity contribution in [3.8, 4) is 0 Å². The summed E-state index contributed by atoms with van der Waals surface area (Å²) in [5.74, 6) is 0.00253. The van der Waals surface area contributed by atoms with E-state index in [1.54, 1.807) is 11.8 Å². The maximum absolute atomic E-state index is 13.9. The molecule has 0 atom stereocenters. The fourth-order valence-electron chi connectivity index (χ4n) is 6.34. The van der Waals surface area contributed by atoms with Crippen LogP contribution in [0.2, 0.25) is 0 Å². The highest BCUT2D eigenvalue weighted by molar-refractivity contribution is 8.18. The monoisotopic (exact) mass is 554 g/mol. The molecule has 0 unspecified atom stereocenters. The summed E-state index contributed by atoms with van der Waals surface area (Å²) in [6, 6.07) is 16.5. The molecule has 0 radical (unpaired) electrons. The molecule has 0 spiro atoms. The zero-order chi connectivity index (χ0) is 27.5. The standard InChI is InChI=1S/C33H38N4O2S/c1-23-11-10-14-26(19-23)34-31(38)22-36-21-24(28-17-8-9-18-29(28)36)20-30-32(39)37(27-15-6-3-7-16-27)33(40-30)35-25-12-4-2-5-13-25/h8-11,14,17-21,25,27H,2-7,12-13,15-16,22H2,1H3,(H,34,38). The Bertz CT molecular complexity index is 1460. The molecule has 40 heavy (non-hydrogen) atoms. The van der Waals surface area contributed by atoms with Gasteiger partial charge in [0, 0.05) is 34.4 Å². The Labute approximate surface area is 240 Å². The maximum atomic E-state index is 13.9. The highest BCUT2D eigenvalue weighted by Crippen LogP contribution is 2.39. The molecule has 0 bridgehead atoms. The second kappa shape index (κ2) is 12.0. The van der Waals surface area contributed by atoms with Gasteiger partial charge in [-0.2, -0.15) is 0 Å². The number of aryl methyl sites for hydroxylation is 1. The van der Waals surface area contributed by atoms with Gasteiger partial charge in [-0.15, -0.1) is 0 Å². The number of para-hydroxylation sites is 1. The number of carbonyl (C=O) groups excluding carboxylic acids is 2. The number of benzene rings is 2. The third-order valence-electron chi connectivity index (χ3n) is 8.37. The lowest BCUT2D eigenvalue weighted by Gasteiger charge is -2.31. The average molecular weight is 555 g/mol. The van der Waals surface area contributed by atoms with Crippen molar-refractivity contribution in [1.29, 1.82) is 0 Å². The van der Waals surface area contributed by atoms with E-state index >= 15 is 0 Å². The topological polar surface area (TPSA) is 66.7 Å². The predicted molar refractivity (Wildman–Crippen MR) is 165 cm³/mol. The van der Waals surface area contributed by atoms with Crippen LogP contribution in [0.4, 0.5) is 5.69 Å². The van der Waals surface area contributed by atoms with E-state index in [-0.39, 0.29) is 24.4 Å². The van der Waals surface area contributed by atoms with Crippen LogP contribution in [0.25, 0.3) is 17.0 Å².